The van der Waals surface area contributed by atoms with Gasteiger partial charge in [-0.1, -0.05) is 26.0 Å². The van der Waals surface area contributed by atoms with E-state index in [1.54, 1.807) is 12.1 Å². The van der Waals surface area contributed by atoms with E-state index in [0.717, 1.165) is 5.56 Å². The van der Waals surface area contributed by atoms with Crippen LogP contribution in [0.15, 0.2) is 24.3 Å². The number of nitrogens with one attached hydrogen (secondary N) is 4. The fourth-order valence-corrected chi connectivity index (χ4v) is 4.04. The number of carbonyl (C=O) groups is 4. The van der Waals surface area contributed by atoms with Crippen molar-refractivity contribution in [1.29, 1.82) is 5.41 Å². The molecule has 0 radical (unpaired) electrons. The van der Waals surface area contributed by atoms with E-state index in [0.29, 0.717) is 25.8 Å². The molecule has 1 unspecified atom stereocenters. The molecule has 0 spiro atoms. The quantitative estimate of drug-likeness (QED) is 0.210. The van der Waals surface area contributed by atoms with E-state index in [4.69, 9.17) is 5.41 Å². The third-order valence-corrected chi connectivity index (χ3v) is 5.82. The van der Waals surface area contributed by atoms with E-state index in [9.17, 15) is 29.4 Å². The summed E-state index contributed by atoms with van der Waals surface area (Å²) in [7, 11) is 0. The number of aliphatic carboxylic acids is 1. The van der Waals surface area contributed by atoms with Gasteiger partial charge in [-0.25, -0.2) is 4.79 Å². The highest BCUT2D eigenvalue weighted by Crippen LogP contribution is 2.17. The number of benzene rings is 1. The van der Waals surface area contributed by atoms with E-state index in [1.807, 2.05) is 13.8 Å². The van der Waals surface area contributed by atoms with Crippen molar-refractivity contribution >= 4 is 29.7 Å². The van der Waals surface area contributed by atoms with Gasteiger partial charge in [-0.2, -0.15) is 0 Å². The third kappa shape index (κ3) is 8.58. The molecule has 1 aromatic carbocycles. The van der Waals surface area contributed by atoms with Gasteiger partial charge >= 0.3 is 5.97 Å². The van der Waals surface area contributed by atoms with Crippen LogP contribution >= 0.6 is 0 Å². The van der Waals surface area contributed by atoms with Crippen LogP contribution in [0.25, 0.3) is 0 Å². The topological polar surface area (TPSA) is 172 Å². The Bertz CT molecular complexity index is 933. The van der Waals surface area contributed by atoms with Crippen molar-refractivity contribution in [3.8, 4) is 5.75 Å². The summed E-state index contributed by atoms with van der Waals surface area (Å²) in [5, 5.41) is 34.8. The Labute approximate surface area is 204 Å². The van der Waals surface area contributed by atoms with E-state index in [-0.39, 0.29) is 30.4 Å². The lowest BCUT2D eigenvalue weighted by atomic mass is 10.0. The predicted octanol–water partition coefficient (Wildman–Crippen LogP) is 0.960. The highest BCUT2D eigenvalue weighted by molar-refractivity contribution is 6.01. The first kappa shape index (κ1) is 27.6. The molecule has 11 nitrogen and oxygen atoms in total. The number of rotatable bonds is 10. The zero-order chi connectivity index (χ0) is 26.1. The van der Waals surface area contributed by atoms with Crippen LogP contribution in [-0.2, 0) is 25.6 Å². The SMILES string of the molecule is CC(=O)N1CCCC1C(=O)NC(=N)N[C@@H](CCc1ccc(O)cc1)C(=O)N[C@@H](CC(C)C)C(=O)O. The number of likely N-dealkylation sites (tertiary alicyclic amines) is 1. The molecular weight excluding hydrogens is 454 g/mol. The molecule has 0 bridgehead atoms. The Kier molecular flexibility index (Phi) is 10.0. The Morgan fingerprint density at radius 1 is 1.11 bits per heavy atom. The fourth-order valence-electron chi connectivity index (χ4n) is 4.04. The van der Waals surface area contributed by atoms with Crippen molar-refractivity contribution in [2.24, 2.45) is 5.92 Å². The molecule has 0 saturated carbocycles. The first-order valence-electron chi connectivity index (χ1n) is 11.7. The standard InChI is InChI=1S/C24H35N5O6/c1-14(2)13-19(23(34)35)26-21(32)18(11-8-16-6-9-17(31)10-7-16)27-24(25)28-22(33)20-5-4-12-29(20)15(3)30/h6-7,9-10,14,18-20,31H,4-5,8,11-13H2,1-3H3,(H,26,32)(H,34,35)(H3,25,27,28,33)/t18-,19-,20?/m0/s1. The summed E-state index contributed by atoms with van der Waals surface area (Å²) in [6, 6.07) is 3.67. The molecule has 35 heavy (non-hydrogen) atoms. The van der Waals surface area contributed by atoms with Crippen molar-refractivity contribution in [2.45, 2.75) is 71.0 Å². The first-order chi connectivity index (χ1) is 16.5. The van der Waals surface area contributed by atoms with E-state index in [1.165, 1.54) is 24.0 Å². The van der Waals surface area contributed by atoms with Crippen molar-refractivity contribution in [2.75, 3.05) is 6.54 Å². The highest BCUT2D eigenvalue weighted by atomic mass is 16.4. The van der Waals surface area contributed by atoms with E-state index in [2.05, 4.69) is 16.0 Å². The molecule has 1 aliphatic rings. The van der Waals surface area contributed by atoms with Gasteiger partial charge in [0.25, 0.3) is 0 Å². The highest BCUT2D eigenvalue weighted by Gasteiger charge is 2.33. The van der Waals surface area contributed by atoms with Crippen LogP contribution in [0.1, 0.15) is 52.0 Å². The smallest absolute Gasteiger partial charge is 0.326 e. The summed E-state index contributed by atoms with van der Waals surface area (Å²) in [4.78, 5) is 50.4. The number of carboxylic acid groups (broad SMARTS) is 1. The van der Waals surface area contributed by atoms with Crippen LogP contribution in [0.5, 0.6) is 5.75 Å². The average Bonchev–Trinajstić information content (AvgIpc) is 3.27. The zero-order valence-corrected chi connectivity index (χ0v) is 20.3. The predicted molar refractivity (Wildman–Crippen MR) is 129 cm³/mol. The lowest BCUT2D eigenvalue weighted by Crippen LogP contribution is -2.56. The van der Waals surface area contributed by atoms with Gasteiger partial charge in [0, 0.05) is 13.5 Å². The van der Waals surface area contributed by atoms with Gasteiger partial charge in [0.05, 0.1) is 0 Å². The Morgan fingerprint density at radius 2 is 1.77 bits per heavy atom. The van der Waals surface area contributed by atoms with Crippen molar-refractivity contribution in [3.63, 3.8) is 0 Å². The fraction of sp³-hybridized carbons (Fsp3) is 0.542. The average molecular weight is 490 g/mol. The summed E-state index contributed by atoms with van der Waals surface area (Å²) >= 11 is 0. The Balaban J connectivity index is 2.09. The van der Waals surface area contributed by atoms with Crippen molar-refractivity contribution in [3.05, 3.63) is 29.8 Å². The molecule has 1 heterocycles. The number of hydrogen-bond acceptors (Lipinski definition) is 6. The van der Waals surface area contributed by atoms with E-state index < -0.39 is 41.9 Å². The van der Waals surface area contributed by atoms with Crippen LogP contribution in [-0.4, -0.2) is 69.4 Å². The number of phenols is 1. The number of carboxylic acids is 1. The second-order valence-electron chi connectivity index (χ2n) is 9.17. The Morgan fingerprint density at radius 3 is 2.34 bits per heavy atom. The summed E-state index contributed by atoms with van der Waals surface area (Å²) in [6.07, 6.45) is 2.01. The van der Waals surface area contributed by atoms with Gasteiger partial charge in [0.1, 0.15) is 23.9 Å². The van der Waals surface area contributed by atoms with Crippen LogP contribution < -0.4 is 16.0 Å². The number of aromatic hydroxyl groups is 1. The van der Waals surface area contributed by atoms with Crippen LogP contribution in [0.3, 0.4) is 0 Å². The maximum absolute atomic E-state index is 13.0. The second-order valence-corrected chi connectivity index (χ2v) is 9.17. The number of guanidine groups is 1. The zero-order valence-electron chi connectivity index (χ0n) is 20.3. The van der Waals surface area contributed by atoms with Gasteiger partial charge in [-0.15, -0.1) is 0 Å². The van der Waals surface area contributed by atoms with Crippen molar-refractivity contribution < 1.29 is 29.4 Å². The van der Waals surface area contributed by atoms with Gasteiger partial charge in [-0.05, 0) is 55.7 Å². The summed E-state index contributed by atoms with van der Waals surface area (Å²) in [6.45, 7) is 5.55. The first-order valence-corrected chi connectivity index (χ1v) is 11.7. The number of phenolic OH excluding ortho intramolecular Hbond substituents is 1. The molecule has 192 valence electrons. The summed E-state index contributed by atoms with van der Waals surface area (Å²) < 4.78 is 0. The van der Waals surface area contributed by atoms with E-state index >= 15 is 0 Å². The molecule has 3 atom stereocenters. The molecule has 1 aromatic rings. The molecule has 1 fully saturated rings. The number of aryl methyl sites for hydroxylation is 1. The lowest BCUT2D eigenvalue weighted by Gasteiger charge is -2.25. The molecule has 1 saturated heterocycles. The maximum Gasteiger partial charge on any atom is 0.326 e. The van der Waals surface area contributed by atoms with Gasteiger partial charge in [0.15, 0.2) is 5.96 Å². The van der Waals surface area contributed by atoms with Gasteiger partial charge in [-0.3, -0.25) is 25.1 Å². The summed E-state index contributed by atoms with van der Waals surface area (Å²) in [5.74, 6) is -2.77. The number of nitrogens with zero attached hydrogens (tertiary/aromatic N) is 1. The molecule has 11 heteroatoms. The number of carbonyl (C=O) groups excluding carboxylic acids is 3. The monoisotopic (exact) mass is 489 g/mol. The molecule has 2 rings (SSSR count). The minimum absolute atomic E-state index is 0.0352. The Hall–Kier alpha value is -3.63. The largest absolute Gasteiger partial charge is 0.508 e. The lowest BCUT2D eigenvalue weighted by molar-refractivity contribution is -0.142. The second kappa shape index (κ2) is 12.7. The van der Waals surface area contributed by atoms with Crippen LogP contribution in [0, 0.1) is 11.3 Å². The molecule has 3 amide bonds. The minimum atomic E-state index is -1.15. The van der Waals surface area contributed by atoms with Crippen LogP contribution in [0.2, 0.25) is 0 Å². The molecular formula is C24H35N5O6. The molecule has 1 aliphatic heterocycles. The number of amides is 3. The summed E-state index contributed by atoms with van der Waals surface area (Å²) in [5.41, 5.74) is 0.831. The maximum atomic E-state index is 13.0. The van der Waals surface area contributed by atoms with Crippen molar-refractivity contribution in [1.82, 2.24) is 20.9 Å². The third-order valence-electron chi connectivity index (χ3n) is 5.82. The number of hydrogen-bond donors (Lipinski definition) is 6. The molecule has 0 aliphatic carbocycles. The minimum Gasteiger partial charge on any atom is -0.508 e. The molecule has 6 N–H and O–H groups in total. The molecule has 0 aromatic heterocycles. The van der Waals surface area contributed by atoms with Crippen LogP contribution in [0.4, 0.5) is 0 Å². The van der Waals surface area contributed by atoms with Gasteiger partial charge in [0.2, 0.25) is 17.7 Å². The normalized spacial score (nSPS) is 16.9. The van der Waals surface area contributed by atoms with Gasteiger partial charge < -0.3 is 25.7 Å².